The number of carbonyl (C=O) groups is 1. The van der Waals surface area contributed by atoms with E-state index in [2.05, 4.69) is 26.0 Å². The first kappa shape index (κ1) is 15.6. The number of para-hydroxylation sites is 1. The van der Waals surface area contributed by atoms with Crippen molar-refractivity contribution in [2.45, 2.75) is 31.1 Å². The summed E-state index contributed by atoms with van der Waals surface area (Å²) in [4.78, 5) is 12.7. The van der Waals surface area contributed by atoms with Crippen molar-refractivity contribution >= 4 is 17.5 Å². The second-order valence-electron chi connectivity index (χ2n) is 5.85. The Kier molecular flexibility index (Phi) is 4.40. The predicted octanol–water partition coefficient (Wildman–Crippen LogP) is 4.71. The lowest BCUT2D eigenvalue weighted by atomic mass is 9.94. The molecule has 3 nitrogen and oxygen atoms in total. The smallest absolute Gasteiger partial charge is 0.184 e. The van der Waals surface area contributed by atoms with Gasteiger partial charge in [0, 0.05) is 0 Å². The van der Waals surface area contributed by atoms with Gasteiger partial charge in [0.25, 0.3) is 0 Å². The molecule has 0 aliphatic carbocycles. The predicted molar refractivity (Wildman–Crippen MR) is 91.7 cm³/mol. The molecule has 0 amide bonds. The van der Waals surface area contributed by atoms with Crippen LogP contribution >= 0.6 is 11.8 Å². The van der Waals surface area contributed by atoms with Crippen molar-refractivity contribution in [3.63, 3.8) is 0 Å². The summed E-state index contributed by atoms with van der Waals surface area (Å²) in [5, 5.41) is 10.6. The van der Waals surface area contributed by atoms with Gasteiger partial charge in [0.15, 0.2) is 5.78 Å². The molecule has 2 atom stereocenters. The highest BCUT2D eigenvalue weighted by Crippen LogP contribution is 2.40. The Morgan fingerprint density at radius 3 is 2.48 bits per heavy atom. The number of rotatable bonds is 3. The van der Waals surface area contributed by atoms with Crippen molar-refractivity contribution in [3.05, 3.63) is 65.2 Å². The number of benzene rings is 2. The van der Waals surface area contributed by atoms with Gasteiger partial charge in [0.1, 0.15) is 22.5 Å². The third kappa shape index (κ3) is 2.97. The molecule has 1 heterocycles. The van der Waals surface area contributed by atoms with Gasteiger partial charge in [-0.05, 0) is 40.9 Å². The minimum absolute atomic E-state index is 0.0451. The first-order valence-corrected chi connectivity index (χ1v) is 8.44. The van der Waals surface area contributed by atoms with Crippen molar-refractivity contribution in [2.75, 3.05) is 0 Å². The number of Topliss-reactive ketones (excluding diaryl/α,β-unsaturated/α-hetero) is 1. The molecule has 1 aliphatic heterocycles. The first-order chi connectivity index (χ1) is 11.1. The molecule has 0 bridgehead atoms. The van der Waals surface area contributed by atoms with E-state index in [0.717, 1.165) is 17.3 Å². The molecule has 23 heavy (non-hydrogen) atoms. The van der Waals surface area contributed by atoms with Gasteiger partial charge in [-0.3, -0.25) is 4.79 Å². The zero-order valence-corrected chi connectivity index (χ0v) is 13.8. The highest BCUT2D eigenvalue weighted by atomic mass is 32.2. The number of ketones is 1. The topological polar surface area (TPSA) is 50.1 Å². The van der Waals surface area contributed by atoms with E-state index in [0.29, 0.717) is 17.2 Å². The van der Waals surface area contributed by atoms with Gasteiger partial charge in [-0.25, -0.2) is 0 Å². The molecule has 1 aliphatic rings. The highest BCUT2D eigenvalue weighted by Gasteiger charge is 2.38. The number of fused-ring (bicyclic) bond motifs is 1. The van der Waals surface area contributed by atoms with Gasteiger partial charge in [0.2, 0.25) is 0 Å². The molecule has 0 saturated carbocycles. The van der Waals surface area contributed by atoms with E-state index in [4.69, 9.17) is 10.00 Å². The van der Waals surface area contributed by atoms with E-state index in [9.17, 15) is 4.79 Å². The van der Waals surface area contributed by atoms with Gasteiger partial charge in [-0.2, -0.15) is 5.26 Å². The molecule has 3 rings (SSSR count). The summed E-state index contributed by atoms with van der Waals surface area (Å²) < 4.78 is 6.06. The number of thiocyanates is 1. The maximum absolute atomic E-state index is 12.7. The van der Waals surface area contributed by atoms with Crippen molar-refractivity contribution in [1.82, 2.24) is 0 Å². The Bertz CT molecular complexity index is 762. The molecular weight excluding hydrogens is 306 g/mol. The zero-order valence-electron chi connectivity index (χ0n) is 13.0. The van der Waals surface area contributed by atoms with Crippen molar-refractivity contribution in [2.24, 2.45) is 0 Å². The van der Waals surface area contributed by atoms with Gasteiger partial charge in [-0.15, -0.1) is 0 Å². The normalized spacial score (nSPS) is 19.8. The van der Waals surface area contributed by atoms with Crippen LogP contribution in [0.2, 0.25) is 0 Å². The maximum Gasteiger partial charge on any atom is 0.184 e. The molecule has 116 valence electrons. The van der Waals surface area contributed by atoms with E-state index in [1.165, 1.54) is 5.56 Å². The molecule has 0 N–H and O–H groups in total. The lowest BCUT2D eigenvalue weighted by Crippen LogP contribution is -2.33. The van der Waals surface area contributed by atoms with Crippen LogP contribution < -0.4 is 4.74 Å². The average Bonchev–Trinajstić information content (AvgIpc) is 2.57. The third-order valence-corrected chi connectivity index (χ3v) is 4.87. The summed E-state index contributed by atoms with van der Waals surface area (Å²) in [6.45, 7) is 4.28. The highest BCUT2D eigenvalue weighted by molar-refractivity contribution is 8.05. The SMILES string of the molecule is CC(C)c1ccc(C2Oc3ccccc3C(=O)C2SC#N)cc1. The Labute approximate surface area is 140 Å². The van der Waals surface area contributed by atoms with E-state index in [1.807, 2.05) is 29.7 Å². The molecule has 0 spiro atoms. The zero-order chi connectivity index (χ0) is 16.4. The molecule has 0 fully saturated rings. The van der Waals surface area contributed by atoms with Crippen LogP contribution in [0.3, 0.4) is 0 Å². The Balaban J connectivity index is 1.99. The van der Waals surface area contributed by atoms with Gasteiger partial charge in [-0.1, -0.05) is 50.2 Å². The second kappa shape index (κ2) is 6.47. The van der Waals surface area contributed by atoms with E-state index in [1.54, 1.807) is 12.1 Å². The fourth-order valence-corrected chi connectivity index (χ4v) is 3.43. The van der Waals surface area contributed by atoms with E-state index >= 15 is 0 Å². The van der Waals surface area contributed by atoms with Crippen LogP contribution in [0, 0.1) is 10.7 Å². The van der Waals surface area contributed by atoms with E-state index < -0.39 is 11.4 Å². The molecule has 0 radical (unpaired) electrons. The summed E-state index contributed by atoms with van der Waals surface area (Å²) in [5.41, 5.74) is 2.71. The van der Waals surface area contributed by atoms with Crippen LogP contribution in [0.1, 0.15) is 47.4 Å². The minimum Gasteiger partial charge on any atom is -0.483 e. The van der Waals surface area contributed by atoms with E-state index in [-0.39, 0.29) is 5.78 Å². The van der Waals surface area contributed by atoms with Crippen LogP contribution in [0.4, 0.5) is 0 Å². The van der Waals surface area contributed by atoms with Crippen LogP contribution in [-0.4, -0.2) is 11.0 Å². The lowest BCUT2D eigenvalue weighted by molar-refractivity contribution is 0.0868. The van der Waals surface area contributed by atoms with Crippen LogP contribution in [0.25, 0.3) is 0 Å². The second-order valence-corrected chi connectivity index (χ2v) is 6.78. The number of hydrogen-bond donors (Lipinski definition) is 0. The molecule has 4 heteroatoms. The fourth-order valence-electron chi connectivity index (χ4n) is 2.75. The third-order valence-electron chi connectivity index (χ3n) is 4.05. The van der Waals surface area contributed by atoms with Gasteiger partial charge < -0.3 is 4.74 Å². The molecular formula is C19H17NO2S. The Morgan fingerprint density at radius 2 is 1.83 bits per heavy atom. The van der Waals surface area contributed by atoms with Crippen LogP contribution in [0.15, 0.2) is 48.5 Å². The summed E-state index contributed by atoms with van der Waals surface area (Å²) in [6.07, 6.45) is -0.441. The molecule has 2 aromatic carbocycles. The average molecular weight is 323 g/mol. The van der Waals surface area contributed by atoms with Crippen molar-refractivity contribution < 1.29 is 9.53 Å². The molecule has 0 aromatic heterocycles. The summed E-state index contributed by atoms with van der Waals surface area (Å²) in [6, 6.07) is 15.3. The monoisotopic (exact) mass is 323 g/mol. The maximum atomic E-state index is 12.7. The number of hydrogen-bond acceptors (Lipinski definition) is 4. The Hall–Kier alpha value is -2.25. The first-order valence-electron chi connectivity index (χ1n) is 7.56. The van der Waals surface area contributed by atoms with Crippen LogP contribution in [0.5, 0.6) is 5.75 Å². The molecule has 0 saturated heterocycles. The number of carbonyl (C=O) groups excluding carboxylic acids is 1. The van der Waals surface area contributed by atoms with Gasteiger partial charge >= 0.3 is 0 Å². The number of ether oxygens (including phenoxy) is 1. The summed E-state index contributed by atoms with van der Waals surface area (Å²) >= 11 is 0.968. The number of nitrogens with zero attached hydrogens (tertiary/aromatic N) is 1. The van der Waals surface area contributed by atoms with Gasteiger partial charge in [0.05, 0.1) is 5.56 Å². The number of nitriles is 1. The minimum atomic E-state index is -0.542. The van der Waals surface area contributed by atoms with Crippen molar-refractivity contribution in [3.8, 4) is 11.2 Å². The molecule has 2 aromatic rings. The largest absolute Gasteiger partial charge is 0.483 e. The molecule has 2 unspecified atom stereocenters. The Morgan fingerprint density at radius 1 is 1.13 bits per heavy atom. The fraction of sp³-hybridized carbons (Fsp3) is 0.263. The lowest BCUT2D eigenvalue weighted by Gasteiger charge is -2.31. The summed E-state index contributed by atoms with van der Waals surface area (Å²) in [5.74, 6) is 0.990. The summed E-state index contributed by atoms with van der Waals surface area (Å²) in [7, 11) is 0. The number of thioether (sulfide) groups is 1. The standard InChI is InChI=1S/C19H17NO2S/c1-12(2)13-7-9-14(10-8-13)18-19(23-11-20)17(21)15-5-3-4-6-16(15)22-18/h3-10,12,18-19H,1-2H3. The van der Waals surface area contributed by atoms with Crippen molar-refractivity contribution in [1.29, 1.82) is 5.26 Å². The quantitative estimate of drug-likeness (QED) is 0.768. The van der Waals surface area contributed by atoms with Crippen LogP contribution in [-0.2, 0) is 0 Å².